The summed E-state index contributed by atoms with van der Waals surface area (Å²) in [6.45, 7) is 2.73. The molecule has 0 saturated carbocycles. The van der Waals surface area contributed by atoms with Gasteiger partial charge in [-0.2, -0.15) is 18.3 Å². The Kier molecular flexibility index (Phi) is 5.01. The van der Waals surface area contributed by atoms with E-state index < -0.39 is 17.7 Å². The first kappa shape index (κ1) is 18.0. The molecule has 0 saturated heterocycles. The van der Waals surface area contributed by atoms with E-state index in [9.17, 15) is 18.0 Å². The molecular weight excluding hydrogens is 349 g/mol. The van der Waals surface area contributed by atoms with Gasteiger partial charge in [0.15, 0.2) is 0 Å². The molecule has 2 aromatic rings. The molecule has 0 bridgehead atoms. The second kappa shape index (κ2) is 7.23. The van der Waals surface area contributed by atoms with Crippen LogP contribution in [0, 0.1) is 5.92 Å². The van der Waals surface area contributed by atoms with E-state index >= 15 is 0 Å². The van der Waals surface area contributed by atoms with Gasteiger partial charge in [-0.25, -0.2) is 0 Å². The van der Waals surface area contributed by atoms with Crippen LogP contribution in [0.2, 0.25) is 0 Å². The van der Waals surface area contributed by atoms with Gasteiger partial charge in [-0.1, -0.05) is 12.1 Å². The second-order valence-electron chi connectivity index (χ2n) is 5.81. The maximum absolute atomic E-state index is 12.8. The summed E-state index contributed by atoms with van der Waals surface area (Å²) in [5, 5.41) is 5.79. The topological polar surface area (TPSA) is 55.0 Å². The quantitative estimate of drug-likeness (QED) is 0.752. The summed E-state index contributed by atoms with van der Waals surface area (Å²) in [6, 6.07) is 8.27. The lowest BCUT2D eigenvalue weighted by molar-refractivity contribution is -0.145. The summed E-state index contributed by atoms with van der Waals surface area (Å²) < 4.78 is 49.1. The molecule has 26 heavy (non-hydrogen) atoms. The largest absolute Gasteiger partial charge is 0.465 e. The van der Waals surface area contributed by atoms with Crippen LogP contribution >= 0.6 is 0 Å². The van der Waals surface area contributed by atoms with Crippen LogP contribution in [0.4, 0.5) is 13.2 Å². The maximum Gasteiger partial charge on any atom is 0.416 e. The molecule has 0 spiro atoms. The van der Waals surface area contributed by atoms with Gasteiger partial charge in [-0.05, 0) is 31.2 Å². The number of esters is 1. The van der Waals surface area contributed by atoms with Crippen molar-refractivity contribution < 1.29 is 27.1 Å². The van der Waals surface area contributed by atoms with Crippen molar-refractivity contribution >= 4 is 12.2 Å². The number of carbonyl (C=O) groups is 1. The average Bonchev–Trinajstić information content (AvgIpc) is 3.25. The van der Waals surface area contributed by atoms with Gasteiger partial charge in [0, 0.05) is 11.8 Å². The normalized spacial score (nSPS) is 16.9. The number of hydrogen-bond acceptors (Lipinski definition) is 5. The number of furan rings is 1. The van der Waals surface area contributed by atoms with Gasteiger partial charge < -0.3 is 9.15 Å². The average molecular weight is 366 g/mol. The van der Waals surface area contributed by atoms with Gasteiger partial charge in [0.2, 0.25) is 0 Å². The molecule has 0 radical (unpaired) electrons. The van der Waals surface area contributed by atoms with Crippen molar-refractivity contribution in [2.45, 2.75) is 19.6 Å². The molecule has 138 valence electrons. The molecule has 0 aliphatic carbocycles. The molecule has 1 aromatic heterocycles. The lowest BCUT2D eigenvalue weighted by Crippen LogP contribution is -2.25. The zero-order chi connectivity index (χ0) is 18.7. The van der Waals surface area contributed by atoms with Crippen LogP contribution < -0.4 is 0 Å². The fourth-order valence-corrected chi connectivity index (χ4v) is 2.63. The summed E-state index contributed by atoms with van der Waals surface area (Å²) in [7, 11) is 0. The van der Waals surface area contributed by atoms with Gasteiger partial charge in [-0.15, -0.1) is 0 Å². The van der Waals surface area contributed by atoms with E-state index in [4.69, 9.17) is 9.15 Å². The smallest absolute Gasteiger partial charge is 0.416 e. The first-order valence-corrected chi connectivity index (χ1v) is 8.09. The van der Waals surface area contributed by atoms with Crippen LogP contribution in [0.5, 0.6) is 0 Å². The summed E-state index contributed by atoms with van der Waals surface area (Å²) in [5.41, 5.74) is -0.380. The number of alkyl halides is 3. The number of benzene rings is 1. The van der Waals surface area contributed by atoms with Gasteiger partial charge >= 0.3 is 12.1 Å². The van der Waals surface area contributed by atoms with Crippen LogP contribution in [0.1, 0.15) is 18.2 Å². The number of halogens is 3. The Balaban J connectivity index is 1.66. The predicted molar refractivity (Wildman–Crippen MR) is 88.2 cm³/mol. The lowest BCUT2D eigenvalue weighted by Gasteiger charge is -2.13. The number of carbonyl (C=O) groups excluding carboxylic acids is 1. The van der Waals surface area contributed by atoms with E-state index in [2.05, 4.69) is 5.10 Å². The van der Waals surface area contributed by atoms with E-state index in [1.165, 1.54) is 12.3 Å². The molecule has 1 aliphatic heterocycles. The molecule has 0 N–H and O–H groups in total. The van der Waals surface area contributed by atoms with Crippen molar-refractivity contribution in [1.82, 2.24) is 5.01 Å². The summed E-state index contributed by atoms with van der Waals surface area (Å²) in [5.74, 6) is 0.131. The van der Waals surface area contributed by atoms with Crippen molar-refractivity contribution in [3.63, 3.8) is 0 Å². The van der Waals surface area contributed by atoms with Crippen LogP contribution in [-0.2, 0) is 22.3 Å². The third kappa shape index (κ3) is 4.07. The SMILES string of the molecule is CCOC(=O)C1C=NN(Cc2ccc(-c3cccc(C(F)(F)F)c3)o2)C1. The Labute approximate surface area is 148 Å². The number of hydrogen-bond donors (Lipinski definition) is 0. The minimum atomic E-state index is -4.40. The fraction of sp³-hybridized carbons (Fsp3) is 0.333. The van der Waals surface area contributed by atoms with E-state index in [1.807, 2.05) is 0 Å². The van der Waals surface area contributed by atoms with E-state index in [-0.39, 0.29) is 5.97 Å². The van der Waals surface area contributed by atoms with Gasteiger partial charge in [0.25, 0.3) is 0 Å². The van der Waals surface area contributed by atoms with Crippen LogP contribution in [-0.4, -0.2) is 30.3 Å². The molecule has 1 aliphatic rings. The highest BCUT2D eigenvalue weighted by atomic mass is 19.4. The maximum atomic E-state index is 12.8. The summed E-state index contributed by atoms with van der Waals surface area (Å²) in [4.78, 5) is 11.7. The molecule has 2 heterocycles. The Morgan fingerprint density at radius 1 is 1.35 bits per heavy atom. The van der Waals surface area contributed by atoms with Crippen LogP contribution in [0.25, 0.3) is 11.3 Å². The minimum Gasteiger partial charge on any atom is -0.465 e. The Morgan fingerprint density at radius 3 is 2.88 bits per heavy atom. The van der Waals surface area contributed by atoms with Crippen molar-refractivity contribution in [3.05, 3.63) is 47.7 Å². The molecule has 1 unspecified atom stereocenters. The van der Waals surface area contributed by atoms with Gasteiger partial charge in [0.1, 0.15) is 17.4 Å². The van der Waals surface area contributed by atoms with E-state index in [1.54, 1.807) is 30.1 Å². The Bertz CT molecular complexity index is 814. The Morgan fingerprint density at radius 2 is 2.15 bits per heavy atom. The summed E-state index contributed by atoms with van der Waals surface area (Å²) >= 11 is 0. The van der Waals surface area contributed by atoms with Crippen LogP contribution in [0.15, 0.2) is 45.9 Å². The third-order valence-electron chi connectivity index (χ3n) is 3.88. The zero-order valence-corrected chi connectivity index (χ0v) is 14.0. The fourth-order valence-electron chi connectivity index (χ4n) is 2.63. The monoisotopic (exact) mass is 366 g/mol. The van der Waals surface area contributed by atoms with E-state index in [0.29, 0.717) is 36.8 Å². The molecule has 0 fully saturated rings. The lowest BCUT2D eigenvalue weighted by atomic mass is 10.1. The van der Waals surface area contributed by atoms with E-state index in [0.717, 1.165) is 12.1 Å². The summed E-state index contributed by atoms with van der Waals surface area (Å²) in [6.07, 6.45) is -2.88. The number of rotatable bonds is 5. The highest BCUT2D eigenvalue weighted by molar-refractivity contribution is 5.90. The number of ether oxygens (including phenoxy) is 1. The highest BCUT2D eigenvalue weighted by Crippen LogP contribution is 2.32. The standard InChI is InChI=1S/C18H17F3N2O3/c1-2-25-17(24)13-9-22-23(10-13)11-15-6-7-16(26-15)12-4-3-5-14(8-12)18(19,20)21/h3-9,13H,2,10-11H2,1H3. The van der Waals surface area contributed by atoms with Crippen LogP contribution in [0.3, 0.4) is 0 Å². The molecule has 5 nitrogen and oxygen atoms in total. The highest BCUT2D eigenvalue weighted by Gasteiger charge is 2.31. The van der Waals surface area contributed by atoms with Crippen molar-refractivity contribution in [1.29, 1.82) is 0 Å². The number of nitrogens with zero attached hydrogens (tertiary/aromatic N) is 2. The number of hydrazone groups is 1. The third-order valence-corrected chi connectivity index (χ3v) is 3.88. The van der Waals surface area contributed by atoms with Crippen molar-refractivity contribution in [3.8, 4) is 11.3 Å². The molecule has 0 amide bonds. The molecule has 1 aromatic carbocycles. The van der Waals surface area contributed by atoms with Gasteiger partial charge in [0.05, 0.1) is 25.3 Å². The molecule has 1 atom stereocenters. The Hall–Kier alpha value is -2.77. The second-order valence-corrected chi connectivity index (χ2v) is 5.81. The zero-order valence-electron chi connectivity index (χ0n) is 14.0. The molecular formula is C18H17F3N2O3. The molecule has 3 rings (SSSR count). The first-order chi connectivity index (χ1) is 12.4. The van der Waals surface area contributed by atoms with Crippen molar-refractivity contribution in [2.75, 3.05) is 13.2 Å². The molecule has 8 heteroatoms. The first-order valence-electron chi connectivity index (χ1n) is 8.09. The van der Waals surface area contributed by atoms with Gasteiger partial charge in [-0.3, -0.25) is 9.80 Å². The minimum absolute atomic E-state index is 0.307. The predicted octanol–water partition coefficient (Wildman–Crippen LogP) is 3.95. The van der Waals surface area contributed by atoms with Crippen molar-refractivity contribution in [2.24, 2.45) is 11.0 Å².